The van der Waals surface area contributed by atoms with Gasteiger partial charge in [0.15, 0.2) is 0 Å². The molecule has 1 fully saturated rings. The molecule has 4 nitrogen and oxygen atoms in total. The van der Waals surface area contributed by atoms with Gasteiger partial charge in [0.1, 0.15) is 5.60 Å². The molecule has 0 heterocycles. The number of rotatable bonds is 3. The largest absolute Gasteiger partial charge is 0.443 e. The van der Waals surface area contributed by atoms with E-state index in [1.165, 1.54) is 0 Å². The zero-order valence-electron chi connectivity index (χ0n) is 11.8. The molecule has 1 aliphatic carbocycles. The van der Waals surface area contributed by atoms with Crippen LogP contribution in [0.25, 0.3) is 0 Å². The van der Waals surface area contributed by atoms with E-state index in [0.717, 1.165) is 24.1 Å². The number of carbonyl (C=O) groups is 1. The second-order valence-corrected chi connectivity index (χ2v) is 5.95. The molecule has 2 rings (SSSR count). The van der Waals surface area contributed by atoms with Crippen molar-refractivity contribution in [1.29, 1.82) is 0 Å². The maximum absolute atomic E-state index is 12.3. The lowest BCUT2D eigenvalue weighted by Gasteiger charge is -2.27. The first kappa shape index (κ1) is 13.9. The number of hydrogen-bond acceptors (Lipinski definition) is 3. The molecule has 2 N–H and O–H groups in total. The average Bonchev–Trinajstić information content (AvgIpc) is 3.12. The topological polar surface area (TPSA) is 55.6 Å². The molecule has 1 amide bonds. The Labute approximate surface area is 114 Å². The zero-order chi connectivity index (χ0) is 14.0. The van der Waals surface area contributed by atoms with E-state index in [0.29, 0.717) is 6.54 Å². The molecule has 1 aromatic rings. The van der Waals surface area contributed by atoms with Gasteiger partial charge >= 0.3 is 6.09 Å². The Kier molecular flexibility index (Phi) is 3.80. The lowest BCUT2D eigenvalue weighted by atomic mass is 10.2. The minimum atomic E-state index is -0.471. The van der Waals surface area contributed by atoms with E-state index >= 15 is 0 Å². The number of nitrogens with zero attached hydrogens (tertiary/aromatic N) is 1. The van der Waals surface area contributed by atoms with Crippen LogP contribution in [-0.2, 0) is 11.3 Å². The Bertz CT molecular complexity index is 444. The SMILES string of the molecule is CC(C)(C)OC(=O)N(c1ccc(CN)cc1)C1CC1. The second kappa shape index (κ2) is 5.21. The van der Waals surface area contributed by atoms with Gasteiger partial charge < -0.3 is 10.5 Å². The Morgan fingerprint density at radius 3 is 2.32 bits per heavy atom. The van der Waals surface area contributed by atoms with Crippen molar-refractivity contribution in [2.24, 2.45) is 5.73 Å². The lowest BCUT2D eigenvalue weighted by molar-refractivity contribution is 0.0578. The van der Waals surface area contributed by atoms with Gasteiger partial charge in [0, 0.05) is 18.3 Å². The summed E-state index contributed by atoms with van der Waals surface area (Å²) in [6.07, 6.45) is 1.81. The normalized spacial score (nSPS) is 15.2. The summed E-state index contributed by atoms with van der Waals surface area (Å²) in [5.41, 5.74) is 7.06. The molecule has 0 bridgehead atoms. The van der Waals surface area contributed by atoms with Gasteiger partial charge in [0.25, 0.3) is 0 Å². The van der Waals surface area contributed by atoms with Crippen LogP contribution in [0.5, 0.6) is 0 Å². The lowest BCUT2D eigenvalue weighted by Crippen LogP contribution is -2.38. The molecule has 0 saturated heterocycles. The summed E-state index contributed by atoms with van der Waals surface area (Å²) in [5, 5.41) is 0. The summed E-state index contributed by atoms with van der Waals surface area (Å²) in [5.74, 6) is 0. The third-order valence-electron chi connectivity index (χ3n) is 2.95. The van der Waals surface area contributed by atoms with Gasteiger partial charge in [-0.25, -0.2) is 4.79 Å². The maximum atomic E-state index is 12.3. The molecular formula is C15H22N2O2. The Hall–Kier alpha value is -1.55. The average molecular weight is 262 g/mol. The van der Waals surface area contributed by atoms with Gasteiger partial charge in [0.2, 0.25) is 0 Å². The summed E-state index contributed by atoms with van der Waals surface area (Å²) in [4.78, 5) is 14.0. The van der Waals surface area contributed by atoms with Crippen molar-refractivity contribution in [2.75, 3.05) is 4.90 Å². The Morgan fingerprint density at radius 2 is 1.89 bits per heavy atom. The van der Waals surface area contributed by atoms with Crippen molar-refractivity contribution in [2.45, 2.75) is 51.8 Å². The molecule has 0 unspecified atom stereocenters. The number of ether oxygens (including phenoxy) is 1. The second-order valence-electron chi connectivity index (χ2n) is 5.95. The monoisotopic (exact) mass is 262 g/mol. The molecule has 4 heteroatoms. The van der Waals surface area contributed by atoms with Crippen LogP contribution in [0.1, 0.15) is 39.2 Å². The number of carbonyl (C=O) groups excluding carboxylic acids is 1. The molecule has 1 saturated carbocycles. The van der Waals surface area contributed by atoms with Crippen molar-refractivity contribution < 1.29 is 9.53 Å². The van der Waals surface area contributed by atoms with Gasteiger partial charge in [-0.2, -0.15) is 0 Å². The van der Waals surface area contributed by atoms with Crippen LogP contribution in [0.2, 0.25) is 0 Å². The highest BCUT2D eigenvalue weighted by Gasteiger charge is 2.36. The van der Waals surface area contributed by atoms with Gasteiger partial charge in [-0.1, -0.05) is 12.1 Å². The molecule has 19 heavy (non-hydrogen) atoms. The van der Waals surface area contributed by atoms with Crippen LogP contribution < -0.4 is 10.6 Å². The van der Waals surface area contributed by atoms with Gasteiger partial charge in [-0.05, 0) is 51.3 Å². The molecule has 0 aromatic heterocycles. The predicted octanol–water partition coefficient (Wildman–Crippen LogP) is 3.05. The number of hydrogen-bond donors (Lipinski definition) is 1. The summed E-state index contributed by atoms with van der Waals surface area (Å²) in [6.45, 7) is 6.16. The summed E-state index contributed by atoms with van der Waals surface area (Å²) >= 11 is 0. The van der Waals surface area contributed by atoms with E-state index in [1.807, 2.05) is 45.0 Å². The molecule has 0 spiro atoms. The highest BCUT2D eigenvalue weighted by molar-refractivity contribution is 5.89. The predicted molar refractivity (Wildman–Crippen MR) is 76.1 cm³/mol. The van der Waals surface area contributed by atoms with E-state index in [1.54, 1.807) is 4.90 Å². The third kappa shape index (κ3) is 3.70. The Balaban J connectivity index is 2.17. The van der Waals surface area contributed by atoms with Crippen molar-refractivity contribution in [3.63, 3.8) is 0 Å². The third-order valence-corrected chi connectivity index (χ3v) is 2.95. The maximum Gasteiger partial charge on any atom is 0.415 e. The molecule has 0 radical (unpaired) electrons. The number of benzene rings is 1. The molecule has 1 aromatic carbocycles. The van der Waals surface area contributed by atoms with Crippen LogP contribution in [-0.4, -0.2) is 17.7 Å². The van der Waals surface area contributed by atoms with E-state index in [-0.39, 0.29) is 12.1 Å². The van der Waals surface area contributed by atoms with Crippen LogP contribution in [0.4, 0.5) is 10.5 Å². The van der Waals surface area contributed by atoms with Crippen molar-refractivity contribution in [1.82, 2.24) is 0 Å². The molecule has 104 valence electrons. The van der Waals surface area contributed by atoms with Crippen molar-refractivity contribution >= 4 is 11.8 Å². The molecule has 1 aliphatic rings. The summed E-state index contributed by atoms with van der Waals surface area (Å²) in [7, 11) is 0. The minimum absolute atomic E-state index is 0.268. The van der Waals surface area contributed by atoms with Crippen LogP contribution in [0, 0.1) is 0 Å². The first-order valence-corrected chi connectivity index (χ1v) is 6.72. The highest BCUT2D eigenvalue weighted by atomic mass is 16.6. The fourth-order valence-electron chi connectivity index (χ4n) is 1.90. The van der Waals surface area contributed by atoms with Crippen molar-refractivity contribution in [3.05, 3.63) is 29.8 Å². The van der Waals surface area contributed by atoms with Gasteiger partial charge in [-0.15, -0.1) is 0 Å². The molecule has 0 atom stereocenters. The molecule has 0 aliphatic heterocycles. The number of anilines is 1. The standard InChI is InChI=1S/C15H22N2O2/c1-15(2,3)19-14(18)17(13-8-9-13)12-6-4-11(10-16)5-7-12/h4-7,13H,8-10,16H2,1-3H3. The summed E-state index contributed by atoms with van der Waals surface area (Å²) < 4.78 is 5.47. The summed E-state index contributed by atoms with van der Waals surface area (Å²) in [6, 6.07) is 8.05. The van der Waals surface area contributed by atoms with Crippen LogP contribution in [0.15, 0.2) is 24.3 Å². The number of nitrogens with two attached hydrogens (primary N) is 1. The van der Waals surface area contributed by atoms with Gasteiger partial charge in [-0.3, -0.25) is 4.90 Å². The highest BCUT2D eigenvalue weighted by Crippen LogP contribution is 2.33. The fourth-order valence-corrected chi connectivity index (χ4v) is 1.90. The van der Waals surface area contributed by atoms with Crippen LogP contribution in [0.3, 0.4) is 0 Å². The van der Waals surface area contributed by atoms with Crippen LogP contribution >= 0.6 is 0 Å². The van der Waals surface area contributed by atoms with E-state index in [2.05, 4.69) is 0 Å². The smallest absolute Gasteiger partial charge is 0.415 e. The quantitative estimate of drug-likeness (QED) is 0.910. The zero-order valence-corrected chi connectivity index (χ0v) is 11.8. The minimum Gasteiger partial charge on any atom is -0.443 e. The van der Waals surface area contributed by atoms with Gasteiger partial charge in [0.05, 0.1) is 0 Å². The molecular weight excluding hydrogens is 240 g/mol. The van der Waals surface area contributed by atoms with Crippen molar-refractivity contribution in [3.8, 4) is 0 Å². The number of amides is 1. The first-order chi connectivity index (χ1) is 8.90. The Morgan fingerprint density at radius 1 is 1.32 bits per heavy atom. The fraction of sp³-hybridized carbons (Fsp3) is 0.533. The van der Waals surface area contributed by atoms with E-state index in [9.17, 15) is 4.79 Å². The van der Waals surface area contributed by atoms with E-state index < -0.39 is 5.60 Å². The first-order valence-electron chi connectivity index (χ1n) is 6.72. The van der Waals surface area contributed by atoms with E-state index in [4.69, 9.17) is 10.5 Å².